The van der Waals surface area contributed by atoms with Gasteiger partial charge in [-0.15, -0.1) is 0 Å². The van der Waals surface area contributed by atoms with Crippen molar-refractivity contribution in [2.24, 2.45) is 0 Å². The minimum absolute atomic E-state index is 0.0468. The van der Waals surface area contributed by atoms with Gasteiger partial charge in [0.1, 0.15) is 6.10 Å². The SMILES string of the molecule is OC1CCCn2nc(-c3cc(F)c(F)c(F)c3)nc21. The van der Waals surface area contributed by atoms with Gasteiger partial charge in [0.15, 0.2) is 29.1 Å². The lowest BCUT2D eigenvalue weighted by Crippen LogP contribution is -2.16. The van der Waals surface area contributed by atoms with Crippen molar-refractivity contribution < 1.29 is 18.3 Å². The molecule has 1 atom stereocenters. The summed E-state index contributed by atoms with van der Waals surface area (Å²) in [5.41, 5.74) is 0.0468. The number of nitrogens with zero attached hydrogens (tertiary/aromatic N) is 3. The molecule has 1 N–H and O–H groups in total. The van der Waals surface area contributed by atoms with Crippen LogP contribution in [-0.4, -0.2) is 19.9 Å². The molecule has 1 aromatic heterocycles. The van der Waals surface area contributed by atoms with Gasteiger partial charge in [-0.05, 0) is 25.0 Å². The van der Waals surface area contributed by atoms with Gasteiger partial charge >= 0.3 is 0 Å². The Kier molecular flexibility index (Phi) is 2.78. The molecule has 100 valence electrons. The van der Waals surface area contributed by atoms with Crippen LogP contribution < -0.4 is 0 Å². The first-order chi connectivity index (χ1) is 9.06. The zero-order valence-corrected chi connectivity index (χ0v) is 9.78. The highest BCUT2D eigenvalue weighted by molar-refractivity contribution is 5.55. The number of fused-ring (bicyclic) bond motifs is 1. The van der Waals surface area contributed by atoms with Gasteiger partial charge in [0.2, 0.25) is 0 Å². The monoisotopic (exact) mass is 269 g/mol. The third kappa shape index (κ3) is 1.99. The summed E-state index contributed by atoms with van der Waals surface area (Å²) in [7, 11) is 0. The van der Waals surface area contributed by atoms with Gasteiger partial charge in [-0.3, -0.25) is 0 Å². The van der Waals surface area contributed by atoms with Crippen molar-refractivity contribution in [1.29, 1.82) is 0 Å². The molecule has 0 fully saturated rings. The van der Waals surface area contributed by atoms with Crippen LogP contribution in [-0.2, 0) is 6.54 Å². The van der Waals surface area contributed by atoms with Crippen LogP contribution in [0.25, 0.3) is 11.4 Å². The Hall–Kier alpha value is -1.89. The summed E-state index contributed by atoms with van der Waals surface area (Å²) in [4.78, 5) is 4.06. The van der Waals surface area contributed by atoms with Gasteiger partial charge in [0.25, 0.3) is 0 Å². The van der Waals surface area contributed by atoms with Crippen LogP contribution in [0.5, 0.6) is 0 Å². The largest absolute Gasteiger partial charge is 0.385 e. The first-order valence-corrected chi connectivity index (χ1v) is 5.84. The molecule has 3 rings (SSSR count). The Morgan fingerprint density at radius 2 is 1.89 bits per heavy atom. The first kappa shape index (κ1) is 12.2. The lowest BCUT2D eigenvalue weighted by Gasteiger charge is -2.16. The molecule has 1 aromatic carbocycles. The number of aromatic nitrogens is 3. The number of benzene rings is 1. The van der Waals surface area contributed by atoms with Gasteiger partial charge in [0, 0.05) is 12.1 Å². The molecule has 1 unspecified atom stereocenters. The van der Waals surface area contributed by atoms with Crippen molar-refractivity contribution >= 4 is 0 Å². The Balaban J connectivity index is 2.08. The van der Waals surface area contributed by atoms with E-state index in [9.17, 15) is 18.3 Å². The molecular weight excluding hydrogens is 259 g/mol. The molecule has 0 saturated carbocycles. The summed E-state index contributed by atoms with van der Waals surface area (Å²) in [5.74, 6) is -3.65. The highest BCUT2D eigenvalue weighted by Crippen LogP contribution is 2.27. The third-order valence-corrected chi connectivity index (χ3v) is 3.09. The standard InChI is InChI=1S/C12H10F3N3O/c13-7-4-6(5-8(14)10(7)15)11-16-12-9(19)2-1-3-18(12)17-11/h4-5,9,19H,1-3H2. The quantitative estimate of drug-likeness (QED) is 0.807. The molecule has 4 nitrogen and oxygen atoms in total. The molecule has 0 spiro atoms. The highest BCUT2D eigenvalue weighted by atomic mass is 19.2. The maximum atomic E-state index is 13.2. The summed E-state index contributed by atoms with van der Waals surface area (Å²) < 4.78 is 40.7. The zero-order valence-electron chi connectivity index (χ0n) is 9.78. The Morgan fingerprint density at radius 3 is 2.53 bits per heavy atom. The molecule has 19 heavy (non-hydrogen) atoms. The van der Waals surface area contributed by atoms with Crippen molar-refractivity contribution in [3.05, 3.63) is 35.4 Å². The number of hydrogen-bond donors (Lipinski definition) is 1. The number of halogens is 3. The molecule has 1 aliphatic heterocycles. The molecule has 1 aliphatic rings. The maximum absolute atomic E-state index is 13.2. The summed E-state index contributed by atoms with van der Waals surface area (Å²) in [6.45, 7) is 0.589. The van der Waals surface area contributed by atoms with E-state index in [1.807, 2.05) is 0 Å². The predicted octanol–water partition coefficient (Wildman–Crippen LogP) is 2.19. The Labute approximate surface area is 106 Å². The fraction of sp³-hybridized carbons (Fsp3) is 0.333. The second kappa shape index (κ2) is 4.34. The number of rotatable bonds is 1. The van der Waals surface area contributed by atoms with Gasteiger partial charge < -0.3 is 5.11 Å². The van der Waals surface area contributed by atoms with E-state index in [1.165, 1.54) is 4.68 Å². The van der Waals surface area contributed by atoms with E-state index in [4.69, 9.17) is 0 Å². The highest BCUT2D eigenvalue weighted by Gasteiger charge is 2.23. The second-order valence-corrected chi connectivity index (χ2v) is 4.43. The van der Waals surface area contributed by atoms with Crippen LogP contribution >= 0.6 is 0 Å². The molecule has 2 aromatic rings. The maximum Gasteiger partial charge on any atom is 0.194 e. The number of aliphatic hydroxyl groups is 1. The van der Waals surface area contributed by atoms with Crippen molar-refractivity contribution in [3.8, 4) is 11.4 Å². The summed E-state index contributed by atoms with van der Waals surface area (Å²) >= 11 is 0. The Morgan fingerprint density at radius 1 is 1.21 bits per heavy atom. The van der Waals surface area contributed by atoms with E-state index in [2.05, 4.69) is 10.1 Å². The van der Waals surface area contributed by atoms with Gasteiger partial charge in [0.05, 0.1) is 0 Å². The zero-order chi connectivity index (χ0) is 13.6. The third-order valence-electron chi connectivity index (χ3n) is 3.09. The van der Waals surface area contributed by atoms with Crippen molar-refractivity contribution in [1.82, 2.24) is 14.8 Å². The van der Waals surface area contributed by atoms with E-state index in [0.29, 0.717) is 18.8 Å². The van der Waals surface area contributed by atoms with E-state index in [1.54, 1.807) is 0 Å². The smallest absolute Gasteiger partial charge is 0.194 e. The summed E-state index contributed by atoms with van der Waals surface area (Å²) in [6.07, 6.45) is 0.595. The molecule has 0 radical (unpaired) electrons. The number of hydrogen-bond acceptors (Lipinski definition) is 3. The normalized spacial score (nSPS) is 18.4. The lowest BCUT2D eigenvalue weighted by atomic mass is 10.1. The second-order valence-electron chi connectivity index (χ2n) is 4.43. The van der Waals surface area contributed by atoms with Gasteiger partial charge in [-0.2, -0.15) is 5.10 Å². The lowest BCUT2D eigenvalue weighted by molar-refractivity contribution is 0.130. The molecule has 0 aliphatic carbocycles. The van der Waals surface area contributed by atoms with E-state index < -0.39 is 23.6 Å². The predicted molar refractivity (Wildman–Crippen MR) is 59.5 cm³/mol. The Bertz CT molecular complexity index is 618. The minimum atomic E-state index is -1.52. The van der Waals surface area contributed by atoms with Crippen LogP contribution in [0.4, 0.5) is 13.2 Å². The van der Waals surface area contributed by atoms with Crippen LogP contribution in [0.1, 0.15) is 24.8 Å². The average Bonchev–Trinajstić information content (AvgIpc) is 2.81. The molecule has 2 heterocycles. The van der Waals surface area contributed by atoms with Crippen molar-refractivity contribution in [2.75, 3.05) is 0 Å². The molecule has 0 bridgehead atoms. The fourth-order valence-corrected chi connectivity index (χ4v) is 2.14. The summed E-state index contributed by atoms with van der Waals surface area (Å²) in [5, 5.41) is 13.8. The first-order valence-electron chi connectivity index (χ1n) is 5.84. The van der Waals surface area contributed by atoms with Gasteiger partial charge in [-0.1, -0.05) is 0 Å². The van der Waals surface area contributed by atoms with Crippen LogP contribution in [0, 0.1) is 17.5 Å². The minimum Gasteiger partial charge on any atom is -0.385 e. The number of aliphatic hydroxyl groups excluding tert-OH is 1. The number of aryl methyl sites for hydroxylation is 1. The van der Waals surface area contributed by atoms with Crippen LogP contribution in [0.2, 0.25) is 0 Å². The van der Waals surface area contributed by atoms with Crippen LogP contribution in [0.15, 0.2) is 12.1 Å². The molecule has 0 saturated heterocycles. The van der Waals surface area contributed by atoms with Crippen molar-refractivity contribution in [3.63, 3.8) is 0 Å². The summed E-state index contributed by atoms with van der Waals surface area (Å²) in [6, 6.07) is 1.68. The molecular formula is C12H10F3N3O. The van der Waals surface area contributed by atoms with Crippen molar-refractivity contribution in [2.45, 2.75) is 25.5 Å². The van der Waals surface area contributed by atoms with E-state index in [-0.39, 0.29) is 11.4 Å². The topological polar surface area (TPSA) is 50.9 Å². The van der Waals surface area contributed by atoms with Gasteiger partial charge in [-0.25, -0.2) is 22.8 Å². The van der Waals surface area contributed by atoms with E-state index >= 15 is 0 Å². The van der Waals surface area contributed by atoms with Crippen LogP contribution in [0.3, 0.4) is 0 Å². The average molecular weight is 269 g/mol. The molecule has 7 heteroatoms. The molecule has 0 amide bonds. The fourth-order valence-electron chi connectivity index (χ4n) is 2.14. The van der Waals surface area contributed by atoms with E-state index in [0.717, 1.165) is 18.6 Å².